The van der Waals surface area contributed by atoms with Crippen LogP contribution in [0.15, 0.2) is 36.7 Å². The number of nitrogens with zero attached hydrogens (tertiary/aromatic N) is 1. The Morgan fingerprint density at radius 2 is 2.06 bits per heavy atom. The molecule has 0 bridgehead atoms. The molecule has 0 radical (unpaired) electrons. The van der Waals surface area contributed by atoms with Crippen LogP contribution in [0.4, 0.5) is 5.69 Å². The molecule has 0 spiro atoms. The minimum Gasteiger partial charge on any atom is -0.492 e. The third-order valence-electron chi connectivity index (χ3n) is 2.76. The van der Waals surface area contributed by atoms with E-state index in [4.69, 9.17) is 10.5 Å². The summed E-state index contributed by atoms with van der Waals surface area (Å²) in [4.78, 5) is 4.22. The Hall–Kier alpha value is -2.03. The quantitative estimate of drug-likeness (QED) is 0.835. The topological polar surface area (TPSA) is 48.1 Å². The number of aromatic nitrogens is 1. The van der Waals surface area contributed by atoms with E-state index in [0.717, 1.165) is 29.0 Å². The predicted molar refractivity (Wildman–Crippen MR) is 74.6 cm³/mol. The first-order chi connectivity index (χ1) is 8.70. The second-order valence-electron chi connectivity index (χ2n) is 4.33. The molecular formula is C15H18N2O. The molecule has 0 aliphatic carbocycles. The van der Waals surface area contributed by atoms with Crippen LogP contribution >= 0.6 is 0 Å². The van der Waals surface area contributed by atoms with Crippen LogP contribution in [0.25, 0.3) is 11.1 Å². The third kappa shape index (κ3) is 2.80. The zero-order valence-corrected chi connectivity index (χ0v) is 10.8. The molecular weight excluding hydrogens is 224 g/mol. The van der Waals surface area contributed by atoms with Gasteiger partial charge in [-0.05, 0) is 42.7 Å². The van der Waals surface area contributed by atoms with E-state index in [-0.39, 0.29) is 0 Å². The van der Waals surface area contributed by atoms with Gasteiger partial charge in [0.2, 0.25) is 0 Å². The monoisotopic (exact) mass is 242 g/mol. The maximum absolute atomic E-state index is 5.83. The summed E-state index contributed by atoms with van der Waals surface area (Å²) in [5.74, 6) is 0.802. The van der Waals surface area contributed by atoms with E-state index in [2.05, 4.69) is 18.8 Å². The summed E-state index contributed by atoms with van der Waals surface area (Å²) in [6.07, 6.45) is 4.56. The second-order valence-corrected chi connectivity index (χ2v) is 4.33. The minimum absolute atomic E-state index is 0.709. The van der Waals surface area contributed by atoms with Crippen LogP contribution in [-0.2, 0) is 0 Å². The first kappa shape index (κ1) is 12.4. The van der Waals surface area contributed by atoms with Gasteiger partial charge in [0, 0.05) is 17.4 Å². The van der Waals surface area contributed by atoms with Gasteiger partial charge in [-0.15, -0.1) is 0 Å². The highest BCUT2D eigenvalue weighted by Gasteiger charge is 2.04. The Labute approximate surface area is 108 Å². The average Bonchev–Trinajstić information content (AvgIpc) is 2.39. The molecule has 2 N–H and O–H groups in total. The zero-order valence-electron chi connectivity index (χ0n) is 10.8. The second kappa shape index (κ2) is 5.54. The van der Waals surface area contributed by atoms with Crippen molar-refractivity contribution in [2.75, 3.05) is 12.3 Å². The molecule has 18 heavy (non-hydrogen) atoms. The van der Waals surface area contributed by atoms with E-state index in [0.29, 0.717) is 6.61 Å². The number of benzene rings is 1. The van der Waals surface area contributed by atoms with Gasteiger partial charge >= 0.3 is 0 Å². The molecule has 3 heteroatoms. The van der Waals surface area contributed by atoms with Crippen LogP contribution in [0.2, 0.25) is 0 Å². The van der Waals surface area contributed by atoms with Gasteiger partial charge in [0.25, 0.3) is 0 Å². The normalized spacial score (nSPS) is 10.3. The smallest absolute Gasteiger partial charge is 0.138 e. The summed E-state index contributed by atoms with van der Waals surface area (Å²) in [5.41, 5.74) is 9.91. The van der Waals surface area contributed by atoms with Crippen LogP contribution in [0.1, 0.15) is 18.9 Å². The summed E-state index contributed by atoms with van der Waals surface area (Å²) >= 11 is 0. The summed E-state index contributed by atoms with van der Waals surface area (Å²) in [6.45, 7) is 4.86. The standard InChI is InChI=1S/C15H18N2O/c1-3-6-18-14-7-12(9-17-10-14)15-8-13(16)5-4-11(15)2/h4-5,7-10H,3,6,16H2,1-2H3. The fraction of sp³-hybridized carbons (Fsp3) is 0.267. The van der Waals surface area contributed by atoms with Crippen molar-refractivity contribution >= 4 is 5.69 Å². The Balaban J connectivity index is 2.35. The number of anilines is 1. The van der Waals surface area contributed by atoms with Gasteiger partial charge in [0.05, 0.1) is 12.8 Å². The maximum atomic E-state index is 5.83. The molecule has 3 nitrogen and oxygen atoms in total. The largest absolute Gasteiger partial charge is 0.492 e. The number of pyridine rings is 1. The molecule has 0 saturated carbocycles. The average molecular weight is 242 g/mol. The number of nitrogen functional groups attached to an aromatic ring is 1. The van der Waals surface area contributed by atoms with E-state index >= 15 is 0 Å². The van der Waals surface area contributed by atoms with Crippen molar-refractivity contribution in [2.24, 2.45) is 0 Å². The number of rotatable bonds is 4. The molecule has 0 atom stereocenters. The number of nitrogens with two attached hydrogens (primary N) is 1. The lowest BCUT2D eigenvalue weighted by atomic mass is 10.0. The van der Waals surface area contributed by atoms with Crippen molar-refractivity contribution < 1.29 is 4.74 Å². The fourth-order valence-electron chi connectivity index (χ4n) is 1.82. The highest BCUT2D eigenvalue weighted by molar-refractivity contribution is 5.71. The van der Waals surface area contributed by atoms with E-state index in [9.17, 15) is 0 Å². The van der Waals surface area contributed by atoms with Gasteiger partial charge < -0.3 is 10.5 Å². The van der Waals surface area contributed by atoms with E-state index in [1.807, 2.05) is 30.5 Å². The highest BCUT2D eigenvalue weighted by atomic mass is 16.5. The molecule has 0 aliphatic heterocycles. The third-order valence-corrected chi connectivity index (χ3v) is 2.76. The van der Waals surface area contributed by atoms with E-state index < -0.39 is 0 Å². The number of hydrogen-bond donors (Lipinski definition) is 1. The van der Waals surface area contributed by atoms with Gasteiger partial charge in [-0.1, -0.05) is 13.0 Å². The molecule has 0 fully saturated rings. The van der Waals surface area contributed by atoms with E-state index in [1.54, 1.807) is 6.20 Å². The molecule has 0 amide bonds. The Kier molecular flexibility index (Phi) is 3.82. The lowest BCUT2D eigenvalue weighted by Gasteiger charge is -2.09. The first-order valence-corrected chi connectivity index (χ1v) is 6.15. The van der Waals surface area contributed by atoms with E-state index in [1.165, 1.54) is 5.56 Å². The molecule has 94 valence electrons. The molecule has 0 unspecified atom stereocenters. The van der Waals surface area contributed by atoms with Crippen molar-refractivity contribution in [3.8, 4) is 16.9 Å². The van der Waals surface area contributed by atoms with Crippen LogP contribution in [0, 0.1) is 6.92 Å². The van der Waals surface area contributed by atoms with Crippen molar-refractivity contribution in [2.45, 2.75) is 20.3 Å². The molecule has 1 aromatic carbocycles. The summed E-state index contributed by atoms with van der Waals surface area (Å²) in [6, 6.07) is 7.90. The molecule has 1 heterocycles. The van der Waals surface area contributed by atoms with Crippen molar-refractivity contribution in [1.29, 1.82) is 0 Å². The van der Waals surface area contributed by atoms with Crippen LogP contribution in [0.3, 0.4) is 0 Å². The van der Waals surface area contributed by atoms with Crippen LogP contribution < -0.4 is 10.5 Å². The number of aryl methyl sites for hydroxylation is 1. The predicted octanol–water partition coefficient (Wildman–Crippen LogP) is 3.43. The molecule has 2 rings (SSSR count). The molecule has 0 saturated heterocycles. The van der Waals surface area contributed by atoms with Gasteiger partial charge in [-0.2, -0.15) is 0 Å². The highest BCUT2D eigenvalue weighted by Crippen LogP contribution is 2.27. The van der Waals surface area contributed by atoms with Gasteiger partial charge in [-0.3, -0.25) is 4.98 Å². The first-order valence-electron chi connectivity index (χ1n) is 6.15. The lowest BCUT2D eigenvalue weighted by molar-refractivity contribution is 0.316. The Morgan fingerprint density at radius 1 is 1.22 bits per heavy atom. The molecule has 2 aromatic rings. The van der Waals surface area contributed by atoms with Crippen LogP contribution in [-0.4, -0.2) is 11.6 Å². The minimum atomic E-state index is 0.709. The van der Waals surface area contributed by atoms with Gasteiger partial charge in [0.15, 0.2) is 0 Å². The molecule has 0 aliphatic rings. The van der Waals surface area contributed by atoms with Crippen LogP contribution in [0.5, 0.6) is 5.75 Å². The summed E-state index contributed by atoms with van der Waals surface area (Å²) in [5, 5.41) is 0. The Morgan fingerprint density at radius 3 is 2.83 bits per heavy atom. The van der Waals surface area contributed by atoms with Gasteiger partial charge in [-0.25, -0.2) is 0 Å². The number of ether oxygens (including phenoxy) is 1. The van der Waals surface area contributed by atoms with Crippen molar-refractivity contribution in [3.05, 3.63) is 42.2 Å². The SMILES string of the molecule is CCCOc1cncc(-c2cc(N)ccc2C)c1. The molecule has 1 aromatic heterocycles. The van der Waals surface area contributed by atoms with Gasteiger partial charge in [0.1, 0.15) is 5.75 Å². The van der Waals surface area contributed by atoms with Crippen molar-refractivity contribution in [3.63, 3.8) is 0 Å². The zero-order chi connectivity index (χ0) is 13.0. The van der Waals surface area contributed by atoms with Crippen molar-refractivity contribution in [1.82, 2.24) is 4.98 Å². The lowest BCUT2D eigenvalue weighted by Crippen LogP contribution is -1.96. The summed E-state index contributed by atoms with van der Waals surface area (Å²) < 4.78 is 5.59. The number of hydrogen-bond acceptors (Lipinski definition) is 3. The maximum Gasteiger partial charge on any atom is 0.138 e. The Bertz CT molecular complexity index is 538. The fourth-order valence-corrected chi connectivity index (χ4v) is 1.82. The summed E-state index contributed by atoms with van der Waals surface area (Å²) in [7, 11) is 0.